The minimum atomic E-state index is -0.968. The number of carbonyl (C=O) groups excluding carboxylic acids is 1. The van der Waals surface area contributed by atoms with Crippen LogP contribution in [0.25, 0.3) is 0 Å². The molecule has 0 saturated heterocycles. The second kappa shape index (κ2) is 9.84. The predicted molar refractivity (Wildman–Crippen MR) is 132 cm³/mol. The lowest BCUT2D eigenvalue weighted by Gasteiger charge is -2.36. The van der Waals surface area contributed by atoms with Crippen LogP contribution in [0, 0.1) is 16.0 Å². The highest BCUT2D eigenvalue weighted by molar-refractivity contribution is 8.00. The average Bonchev–Trinajstić information content (AvgIpc) is 3.15. The summed E-state index contributed by atoms with van der Waals surface area (Å²) in [7, 11) is 0. The number of nitro groups is 1. The number of carboxylic acids is 1. The molecule has 0 aromatic heterocycles. The monoisotopic (exact) mass is 503 g/mol. The first kappa shape index (κ1) is 24.3. The minimum absolute atomic E-state index is 0.00616. The number of thioether (sulfide) groups is 1. The van der Waals surface area contributed by atoms with E-state index in [4.69, 9.17) is 11.6 Å². The lowest BCUT2D eigenvalue weighted by Crippen LogP contribution is -2.42. The van der Waals surface area contributed by atoms with Gasteiger partial charge in [0, 0.05) is 41.6 Å². The number of nitrogens with zero attached hydrogens (tertiary/aromatic N) is 2. The van der Waals surface area contributed by atoms with Crippen molar-refractivity contribution in [2.24, 2.45) is 5.92 Å². The number of para-hydroxylation sites is 1. The number of halogens is 1. The van der Waals surface area contributed by atoms with E-state index in [0.29, 0.717) is 35.7 Å². The summed E-state index contributed by atoms with van der Waals surface area (Å²) in [5.41, 5.74) is 2.03. The first-order valence-electron chi connectivity index (χ1n) is 11.2. The Morgan fingerprint density at radius 2 is 1.94 bits per heavy atom. The van der Waals surface area contributed by atoms with Gasteiger partial charge in [-0.05, 0) is 56.0 Å². The van der Waals surface area contributed by atoms with Gasteiger partial charge in [0.15, 0.2) is 0 Å². The van der Waals surface area contributed by atoms with Gasteiger partial charge in [0.25, 0.3) is 11.6 Å². The first-order valence-corrected chi connectivity index (χ1v) is 12.5. The number of aliphatic carboxylic acids is 1. The minimum Gasteiger partial charge on any atom is -0.480 e. The standard InChI is InChI=1S/C24H26ClN3O5S/c1-3-27(4-2)23(29)13-9-10-16-14(11-13)20-15(22(26-16)24(30)31)12-19(21(20)25)34-18-8-6-5-7-17(18)28(32)33/h5-11,15,19-22,26H,3-4,12H2,1-2H3,(H,30,31)/t15-,19+,20+,21-,22+/m0/s1. The number of carbonyl (C=O) groups is 2. The number of anilines is 1. The molecule has 1 heterocycles. The topological polar surface area (TPSA) is 113 Å². The normalized spacial score (nSPS) is 25.1. The largest absolute Gasteiger partial charge is 0.480 e. The molecule has 2 aromatic rings. The summed E-state index contributed by atoms with van der Waals surface area (Å²) < 4.78 is 0. The van der Waals surface area contributed by atoms with Gasteiger partial charge in [-0.3, -0.25) is 14.9 Å². The van der Waals surface area contributed by atoms with Crippen LogP contribution in [-0.2, 0) is 4.79 Å². The van der Waals surface area contributed by atoms with Gasteiger partial charge < -0.3 is 15.3 Å². The summed E-state index contributed by atoms with van der Waals surface area (Å²) >= 11 is 8.30. The van der Waals surface area contributed by atoms with Gasteiger partial charge in [-0.2, -0.15) is 0 Å². The molecule has 1 aliphatic carbocycles. The van der Waals surface area contributed by atoms with E-state index in [1.54, 1.807) is 35.2 Å². The van der Waals surface area contributed by atoms with Gasteiger partial charge in [0.2, 0.25) is 0 Å². The van der Waals surface area contributed by atoms with Gasteiger partial charge in [-0.25, -0.2) is 4.79 Å². The number of carboxylic acid groups (broad SMARTS) is 1. The Labute approximate surface area is 206 Å². The highest BCUT2D eigenvalue weighted by Gasteiger charge is 2.52. The predicted octanol–water partition coefficient (Wildman–Crippen LogP) is 4.83. The Balaban J connectivity index is 1.70. The van der Waals surface area contributed by atoms with Crippen LogP contribution in [0.4, 0.5) is 11.4 Å². The maximum absolute atomic E-state index is 13.0. The molecule has 1 aliphatic heterocycles. The quantitative estimate of drug-likeness (QED) is 0.316. The number of fused-ring (bicyclic) bond motifs is 3. The number of nitrogens with one attached hydrogen (secondary N) is 1. The van der Waals surface area contributed by atoms with Crippen molar-refractivity contribution < 1.29 is 19.6 Å². The fourth-order valence-corrected chi connectivity index (χ4v) is 7.00. The SMILES string of the molecule is CCN(CC)C(=O)c1ccc2c(c1)[C@H]1[C@@H](Cl)[C@H](Sc3ccccc3[N+](=O)[O-])C[C@@H]1[C@H](C(=O)O)N2. The summed E-state index contributed by atoms with van der Waals surface area (Å²) in [6, 6.07) is 11.0. The molecule has 5 atom stereocenters. The van der Waals surface area contributed by atoms with Crippen LogP contribution in [0.1, 0.15) is 42.1 Å². The van der Waals surface area contributed by atoms with Gasteiger partial charge in [0.1, 0.15) is 6.04 Å². The van der Waals surface area contributed by atoms with Crippen LogP contribution in [0.5, 0.6) is 0 Å². The summed E-state index contributed by atoms with van der Waals surface area (Å²) in [4.78, 5) is 38.3. The van der Waals surface area contributed by atoms with E-state index in [1.807, 2.05) is 19.9 Å². The molecule has 10 heteroatoms. The number of rotatable bonds is 7. The Bertz CT molecular complexity index is 1130. The zero-order valence-corrected chi connectivity index (χ0v) is 20.4. The van der Waals surface area contributed by atoms with Gasteiger partial charge in [-0.1, -0.05) is 12.1 Å². The number of benzene rings is 2. The molecule has 180 valence electrons. The van der Waals surface area contributed by atoms with E-state index in [-0.39, 0.29) is 28.7 Å². The fourth-order valence-electron chi connectivity index (χ4n) is 5.06. The molecule has 2 aliphatic rings. The molecule has 0 bridgehead atoms. The van der Waals surface area contributed by atoms with Gasteiger partial charge in [-0.15, -0.1) is 23.4 Å². The Hall–Kier alpha value is -2.78. The van der Waals surface area contributed by atoms with Crippen molar-refractivity contribution in [1.29, 1.82) is 0 Å². The molecular formula is C24H26ClN3O5S. The zero-order valence-electron chi connectivity index (χ0n) is 18.8. The molecule has 0 spiro atoms. The lowest BCUT2D eigenvalue weighted by atomic mass is 9.79. The van der Waals surface area contributed by atoms with E-state index < -0.39 is 22.3 Å². The van der Waals surface area contributed by atoms with Gasteiger partial charge >= 0.3 is 5.97 Å². The molecular weight excluding hydrogens is 478 g/mol. The lowest BCUT2D eigenvalue weighted by molar-refractivity contribution is -0.387. The second-order valence-corrected chi connectivity index (χ2v) is 10.3. The molecule has 1 amide bonds. The first-order chi connectivity index (χ1) is 16.3. The molecule has 34 heavy (non-hydrogen) atoms. The molecule has 2 N–H and O–H groups in total. The van der Waals surface area contributed by atoms with Crippen molar-refractivity contribution in [2.45, 2.75) is 47.8 Å². The Morgan fingerprint density at radius 3 is 2.59 bits per heavy atom. The third-order valence-corrected chi connectivity index (χ3v) is 8.83. The van der Waals surface area contributed by atoms with Crippen LogP contribution >= 0.6 is 23.4 Å². The molecule has 0 radical (unpaired) electrons. The molecule has 4 rings (SSSR count). The van der Waals surface area contributed by atoms with Gasteiger partial charge in [0.05, 0.1) is 15.2 Å². The van der Waals surface area contributed by atoms with E-state index in [2.05, 4.69) is 5.32 Å². The van der Waals surface area contributed by atoms with E-state index in [1.165, 1.54) is 17.8 Å². The van der Waals surface area contributed by atoms with Crippen LogP contribution < -0.4 is 5.32 Å². The van der Waals surface area contributed by atoms with Crippen molar-refractivity contribution >= 4 is 46.6 Å². The van der Waals surface area contributed by atoms with Crippen molar-refractivity contribution in [3.8, 4) is 0 Å². The van der Waals surface area contributed by atoms with Crippen molar-refractivity contribution in [3.63, 3.8) is 0 Å². The van der Waals surface area contributed by atoms with Crippen LogP contribution in [0.15, 0.2) is 47.4 Å². The van der Waals surface area contributed by atoms with E-state index in [9.17, 15) is 24.8 Å². The zero-order chi connectivity index (χ0) is 24.6. The third-order valence-electron chi connectivity index (χ3n) is 6.72. The third kappa shape index (κ3) is 4.34. The van der Waals surface area contributed by atoms with Crippen molar-refractivity contribution in [2.75, 3.05) is 18.4 Å². The molecule has 1 fully saturated rings. The average molecular weight is 504 g/mol. The van der Waals surface area contributed by atoms with E-state index in [0.717, 1.165) is 5.56 Å². The second-order valence-electron chi connectivity index (χ2n) is 8.49. The van der Waals surface area contributed by atoms with Crippen molar-refractivity contribution in [1.82, 2.24) is 4.90 Å². The van der Waals surface area contributed by atoms with Crippen LogP contribution in [0.2, 0.25) is 0 Å². The van der Waals surface area contributed by atoms with Crippen molar-refractivity contribution in [3.05, 3.63) is 63.7 Å². The number of nitro benzene ring substituents is 1. The summed E-state index contributed by atoms with van der Waals surface area (Å²) in [5, 5.41) is 23.8. The summed E-state index contributed by atoms with van der Waals surface area (Å²) in [6.45, 7) is 5.02. The highest BCUT2D eigenvalue weighted by atomic mass is 35.5. The smallest absolute Gasteiger partial charge is 0.326 e. The van der Waals surface area contributed by atoms with E-state index >= 15 is 0 Å². The molecule has 0 unspecified atom stereocenters. The summed E-state index contributed by atoms with van der Waals surface area (Å²) in [5.74, 6) is -1.67. The molecule has 8 nitrogen and oxygen atoms in total. The number of hydrogen-bond acceptors (Lipinski definition) is 6. The number of amides is 1. The maximum atomic E-state index is 13.0. The fraction of sp³-hybridized carbons (Fsp3) is 0.417. The molecule has 1 saturated carbocycles. The highest BCUT2D eigenvalue weighted by Crippen LogP contribution is 2.55. The number of alkyl halides is 1. The summed E-state index contributed by atoms with van der Waals surface area (Å²) in [6.07, 6.45) is 0.479. The number of hydrogen-bond donors (Lipinski definition) is 2. The Morgan fingerprint density at radius 1 is 1.24 bits per heavy atom. The Kier molecular flexibility index (Phi) is 7.04. The maximum Gasteiger partial charge on any atom is 0.326 e. The van der Waals surface area contributed by atoms with Crippen LogP contribution in [-0.4, -0.2) is 56.6 Å². The van der Waals surface area contributed by atoms with Crippen LogP contribution in [0.3, 0.4) is 0 Å². The molecule has 2 aromatic carbocycles.